The molecule has 2 N–H and O–H groups in total. The molecule has 1 atom stereocenters. The van der Waals surface area contributed by atoms with Gasteiger partial charge in [-0.05, 0) is 38.5 Å². The zero-order valence-electron chi connectivity index (χ0n) is 14.1. The number of fused-ring (bicyclic) bond motifs is 1. The molecule has 124 valence electrons. The number of hydrogen-bond donors (Lipinski definition) is 2. The molecule has 24 heavy (non-hydrogen) atoms. The van der Waals surface area contributed by atoms with Gasteiger partial charge in [-0.25, -0.2) is 0 Å². The second-order valence-electron chi connectivity index (χ2n) is 6.13. The Morgan fingerprint density at radius 2 is 1.92 bits per heavy atom. The minimum absolute atomic E-state index is 0.0262. The normalized spacial score (nSPS) is 12.3. The van der Waals surface area contributed by atoms with Crippen molar-refractivity contribution in [3.05, 3.63) is 75.1 Å². The third-order valence-corrected chi connectivity index (χ3v) is 4.15. The predicted molar refractivity (Wildman–Crippen MR) is 96.4 cm³/mol. The summed E-state index contributed by atoms with van der Waals surface area (Å²) in [5.74, 6) is 0.598. The lowest BCUT2D eigenvalue weighted by atomic mass is 10.0. The van der Waals surface area contributed by atoms with Crippen molar-refractivity contribution in [2.45, 2.75) is 33.4 Å². The fraction of sp³-hybridized carbons (Fsp3) is 0.250. The van der Waals surface area contributed by atoms with Crippen molar-refractivity contribution in [2.24, 2.45) is 0 Å². The maximum Gasteiger partial charge on any atom is 0.192 e. The van der Waals surface area contributed by atoms with Crippen molar-refractivity contribution in [3.8, 4) is 0 Å². The van der Waals surface area contributed by atoms with Gasteiger partial charge in [0.1, 0.15) is 11.3 Å². The first-order valence-corrected chi connectivity index (χ1v) is 8.00. The average molecular weight is 323 g/mol. The molecule has 0 amide bonds. The number of rotatable bonds is 4. The Bertz CT molecular complexity index is 943. The van der Waals surface area contributed by atoms with Crippen LogP contribution >= 0.6 is 0 Å². The van der Waals surface area contributed by atoms with Gasteiger partial charge >= 0.3 is 0 Å². The summed E-state index contributed by atoms with van der Waals surface area (Å²) < 4.78 is 5.85. The molecule has 3 rings (SSSR count). The van der Waals surface area contributed by atoms with Crippen molar-refractivity contribution in [2.75, 3.05) is 5.32 Å². The Balaban J connectivity index is 2.10. The molecule has 1 aromatic heterocycles. The van der Waals surface area contributed by atoms with Crippen LogP contribution in [-0.4, -0.2) is 5.11 Å². The SMILES string of the molecule is Cc1cc([C@@H](C)Nc2ccccc2CO)c2oc(C)cc(=O)c2c1. The van der Waals surface area contributed by atoms with E-state index in [1.54, 1.807) is 6.92 Å². The van der Waals surface area contributed by atoms with E-state index in [0.717, 1.165) is 22.4 Å². The Morgan fingerprint density at radius 1 is 1.17 bits per heavy atom. The molecular weight excluding hydrogens is 302 g/mol. The second kappa shape index (κ2) is 6.49. The van der Waals surface area contributed by atoms with Gasteiger partial charge in [-0.15, -0.1) is 0 Å². The summed E-state index contributed by atoms with van der Waals surface area (Å²) in [6.07, 6.45) is 0. The van der Waals surface area contributed by atoms with Crippen LogP contribution in [0.5, 0.6) is 0 Å². The number of anilines is 1. The fourth-order valence-corrected chi connectivity index (χ4v) is 2.98. The van der Waals surface area contributed by atoms with E-state index in [-0.39, 0.29) is 18.1 Å². The largest absolute Gasteiger partial charge is 0.461 e. The van der Waals surface area contributed by atoms with Crippen LogP contribution in [0.2, 0.25) is 0 Å². The predicted octanol–water partition coefficient (Wildman–Crippen LogP) is 4.08. The van der Waals surface area contributed by atoms with Gasteiger partial charge in [-0.1, -0.05) is 24.3 Å². The minimum Gasteiger partial charge on any atom is -0.461 e. The van der Waals surface area contributed by atoms with Crippen molar-refractivity contribution in [1.29, 1.82) is 0 Å². The molecule has 1 heterocycles. The lowest BCUT2D eigenvalue weighted by Gasteiger charge is -2.19. The number of para-hydroxylation sites is 1. The molecule has 0 aliphatic rings. The van der Waals surface area contributed by atoms with Crippen LogP contribution in [0.4, 0.5) is 5.69 Å². The summed E-state index contributed by atoms with van der Waals surface area (Å²) >= 11 is 0. The molecule has 0 aliphatic carbocycles. The van der Waals surface area contributed by atoms with Gasteiger partial charge in [0.05, 0.1) is 18.0 Å². The number of hydrogen-bond acceptors (Lipinski definition) is 4. The summed E-state index contributed by atoms with van der Waals surface area (Å²) in [6, 6.07) is 13.0. The van der Waals surface area contributed by atoms with E-state index in [0.29, 0.717) is 16.7 Å². The number of aliphatic hydroxyl groups excluding tert-OH is 1. The standard InChI is InChI=1S/C20H21NO3/c1-12-8-16(20-17(9-12)19(23)10-13(2)24-20)14(3)21-18-7-5-4-6-15(18)11-22/h4-10,14,21-22H,11H2,1-3H3/t14-/m1/s1. The highest BCUT2D eigenvalue weighted by Crippen LogP contribution is 2.29. The third-order valence-electron chi connectivity index (χ3n) is 4.15. The number of benzene rings is 2. The Kier molecular flexibility index (Phi) is 4.40. The molecule has 2 aromatic carbocycles. The van der Waals surface area contributed by atoms with Gasteiger partial charge in [0, 0.05) is 22.9 Å². The van der Waals surface area contributed by atoms with E-state index < -0.39 is 0 Å². The molecule has 0 unspecified atom stereocenters. The summed E-state index contributed by atoms with van der Waals surface area (Å²) in [4.78, 5) is 12.3. The van der Waals surface area contributed by atoms with Crippen LogP contribution in [0.3, 0.4) is 0 Å². The van der Waals surface area contributed by atoms with E-state index in [4.69, 9.17) is 4.42 Å². The van der Waals surface area contributed by atoms with Gasteiger partial charge < -0.3 is 14.8 Å². The van der Waals surface area contributed by atoms with Crippen molar-refractivity contribution in [1.82, 2.24) is 0 Å². The van der Waals surface area contributed by atoms with Crippen LogP contribution in [0.1, 0.15) is 35.4 Å². The lowest BCUT2D eigenvalue weighted by Crippen LogP contribution is -2.11. The molecule has 0 fully saturated rings. The van der Waals surface area contributed by atoms with Crippen molar-refractivity contribution < 1.29 is 9.52 Å². The van der Waals surface area contributed by atoms with E-state index >= 15 is 0 Å². The Hall–Kier alpha value is -2.59. The van der Waals surface area contributed by atoms with Crippen molar-refractivity contribution in [3.63, 3.8) is 0 Å². The van der Waals surface area contributed by atoms with E-state index in [2.05, 4.69) is 5.32 Å². The highest BCUT2D eigenvalue weighted by molar-refractivity contribution is 5.81. The topological polar surface area (TPSA) is 62.5 Å². The highest BCUT2D eigenvalue weighted by Gasteiger charge is 2.15. The summed E-state index contributed by atoms with van der Waals surface area (Å²) in [6.45, 7) is 5.74. The number of aliphatic hydroxyl groups is 1. The first-order valence-electron chi connectivity index (χ1n) is 8.00. The maximum absolute atomic E-state index is 12.3. The number of nitrogens with one attached hydrogen (secondary N) is 1. The Morgan fingerprint density at radius 3 is 2.67 bits per heavy atom. The maximum atomic E-state index is 12.3. The smallest absolute Gasteiger partial charge is 0.192 e. The van der Waals surface area contributed by atoms with E-state index in [1.807, 2.05) is 50.2 Å². The van der Waals surface area contributed by atoms with Gasteiger partial charge in [0.15, 0.2) is 5.43 Å². The summed E-state index contributed by atoms with van der Waals surface area (Å²) in [7, 11) is 0. The zero-order valence-corrected chi connectivity index (χ0v) is 14.1. The van der Waals surface area contributed by atoms with E-state index in [1.165, 1.54) is 6.07 Å². The zero-order chi connectivity index (χ0) is 17.3. The van der Waals surface area contributed by atoms with Crippen LogP contribution in [0.25, 0.3) is 11.0 Å². The first kappa shape index (κ1) is 16.3. The monoisotopic (exact) mass is 323 g/mol. The summed E-state index contributed by atoms with van der Waals surface area (Å²) in [5.41, 5.74) is 4.24. The molecular formula is C20H21NO3. The quantitative estimate of drug-likeness (QED) is 0.759. The molecule has 0 bridgehead atoms. The molecule has 4 heteroatoms. The molecule has 0 saturated carbocycles. The minimum atomic E-state index is -0.0787. The molecule has 4 nitrogen and oxygen atoms in total. The van der Waals surface area contributed by atoms with E-state index in [9.17, 15) is 9.90 Å². The second-order valence-corrected chi connectivity index (χ2v) is 6.13. The van der Waals surface area contributed by atoms with Gasteiger partial charge in [0.25, 0.3) is 0 Å². The lowest BCUT2D eigenvalue weighted by molar-refractivity contribution is 0.282. The van der Waals surface area contributed by atoms with Gasteiger partial charge in [0.2, 0.25) is 0 Å². The van der Waals surface area contributed by atoms with Crippen molar-refractivity contribution >= 4 is 16.7 Å². The molecule has 0 saturated heterocycles. The number of aryl methyl sites for hydroxylation is 2. The van der Waals surface area contributed by atoms with Crippen LogP contribution in [0, 0.1) is 13.8 Å². The highest BCUT2D eigenvalue weighted by atomic mass is 16.3. The van der Waals surface area contributed by atoms with Crippen LogP contribution < -0.4 is 10.7 Å². The first-order chi connectivity index (χ1) is 11.5. The fourth-order valence-electron chi connectivity index (χ4n) is 2.98. The molecule has 0 radical (unpaired) electrons. The van der Waals surface area contributed by atoms with Crippen LogP contribution in [-0.2, 0) is 6.61 Å². The molecule has 3 aromatic rings. The third kappa shape index (κ3) is 3.05. The summed E-state index contributed by atoms with van der Waals surface area (Å²) in [5, 5.41) is 13.5. The van der Waals surface area contributed by atoms with Crippen LogP contribution in [0.15, 0.2) is 51.7 Å². The van der Waals surface area contributed by atoms with Gasteiger partial charge in [-0.2, -0.15) is 0 Å². The average Bonchev–Trinajstić information content (AvgIpc) is 2.55. The van der Waals surface area contributed by atoms with Gasteiger partial charge in [-0.3, -0.25) is 4.79 Å². The molecule has 0 spiro atoms. The Labute approximate surface area is 140 Å². The molecule has 0 aliphatic heterocycles.